The zero-order chi connectivity index (χ0) is 32.3. The van der Waals surface area contributed by atoms with E-state index in [0.29, 0.717) is 64.1 Å². The van der Waals surface area contributed by atoms with Crippen LogP contribution in [0.3, 0.4) is 0 Å². The van der Waals surface area contributed by atoms with Gasteiger partial charge >= 0.3 is 6.09 Å². The number of hydrogen-bond donors (Lipinski definition) is 2. The first-order valence-corrected chi connectivity index (χ1v) is 15.8. The number of aliphatic hydroxyl groups excluding tert-OH is 1. The standard InChI is InChI=1S/C35H36ClN5O5/c1-22-4-3-13-38-30(22)21-45-25-5-6-28(27(36)16-25)40-33-23(19-37)20-39-29-18-32(31(44-2)17-26(29)33)46-34(43)41-14-11-35(12-15-41)9-7-24(42)8-10-35/h3-6,13,16-18,20,24,42H,7-12,14-15,21H2,1-2H3,(H,39,40). The molecule has 2 fully saturated rings. The number of carbonyl (C=O) groups excluding carboxylic acids is 1. The Hall–Kier alpha value is -4.59. The van der Waals surface area contributed by atoms with Crippen LogP contribution in [-0.4, -0.2) is 52.4 Å². The van der Waals surface area contributed by atoms with E-state index in [1.165, 1.54) is 13.3 Å². The number of aryl methyl sites for hydroxylation is 1. The summed E-state index contributed by atoms with van der Waals surface area (Å²) in [6.45, 7) is 3.50. The van der Waals surface area contributed by atoms with Crippen LogP contribution in [-0.2, 0) is 6.61 Å². The number of fused-ring (bicyclic) bond motifs is 1. The van der Waals surface area contributed by atoms with E-state index >= 15 is 0 Å². The largest absolute Gasteiger partial charge is 0.493 e. The molecule has 2 aromatic carbocycles. The third-order valence-electron chi connectivity index (χ3n) is 9.26. The molecule has 0 bridgehead atoms. The van der Waals surface area contributed by atoms with Crippen LogP contribution in [0.15, 0.2) is 54.9 Å². The molecule has 10 nitrogen and oxygen atoms in total. The highest BCUT2D eigenvalue weighted by atomic mass is 35.5. The van der Waals surface area contributed by atoms with E-state index < -0.39 is 6.09 Å². The van der Waals surface area contributed by atoms with E-state index in [4.69, 9.17) is 25.8 Å². The predicted molar refractivity (Wildman–Crippen MR) is 175 cm³/mol. The molecule has 238 valence electrons. The fourth-order valence-electron chi connectivity index (χ4n) is 6.34. The summed E-state index contributed by atoms with van der Waals surface area (Å²) in [7, 11) is 1.50. The molecule has 4 aromatic rings. The number of nitrogens with one attached hydrogen (secondary N) is 1. The van der Waals surface area contributed by atoms with Crippen LogP contribution in [0.4, 0.5) is 16.2 Å². The van der Waals surface area contributed by atoms with E-state index in [1.54, 1.807) is 41.4 Å². The molecular formula is C35H36ClN5O5. The Labute approximate surface area is 272 Å². The molecule has 1 aliphatic heterocycles. The summed E-state index contributed by atoms with van der Waals surface area (Å²) in [5.41, 5.74) is 3.95. The van der Waals surface area contributed by atoms with Crippen LogP contribution in [0.5, 0.6) is 17.2 Å². The summed E-state index contributed by atoms with van der Waals surface area (Å²) in [6.07, 6.45) is 8.00. The van der Waals surface area contributed by atoms with Gasteiger partial charge in [-0.2, -0.15) is 5.26 Å². The zero-order valence-corrected chi connectivity index (χ0v) is 26.6. The Morgan fingerprint density at radius 2 is 1.91 bits per heavy atom. The van der Waals surface area contributed by atoms with Gasteiger partial charge in [0.25, 0.3) is 0 Å². The van der Waals surface area contributed by atoms with Gasteiger partial charge in [0, 0.05) is 43.0 Å². The van der Waals surface area contributed by atoms with E-state index in [2.05, 4.69) is 21.4 Å². The number of amides is 1. The van der Waals surface area contributed by atoms with Gasteiger partial charge in [0.1, 0.15) is 18.4 Å². The molecule has 2 aromatic heterocycles. The summed E-state index contributed by atoms with van der Waals surface area (Å²) >= 11 is 6.65. The Bertz CT molecular complexity index is 1790. The molecule has 0 atom stereocenters. The minimum atomic E-state index is -0.442. The van der Waals surface area contributed by atoms with Crippen LogP contribution < -0.4 is 19.5 Å². The highest BCUT2D eigenvalue weighted by Gasteiger charge is 2.39. The van der Waals surface area contributed by atoms with Crippen molar-refractivity contribution in [3.63, 3.8) is 0 Å². The monoisotopic (exact) mass is 641 g/mol. The van der Waals surface area contributed by atoms with Gasteiger partial charge in [-0.15, -0.1) is 0 Å². The maximum Gasteiger partial charge on any atom is 0.415 e. The fraction of sp³-hybridized carbons (Fsp3) is 0.371. The lowest BCUT2D eigenvalue weighted by Gasteiger charge is -2.44. The number of benzene rings is 2. The molecule has 11 heteroatoms. The highest BCUT2D eigenvalue weighted by molar-refractivity contribution is 6.33. The van der Waals surface area contributed by atoms with Crippen molar-refractivity contribution in [1.29, 1.82) is 5.26 Å². The molecule has 6 rings (SSSR count). The van der Waals surface area contributed by atoms with E-state index in [-0.39, 0.29) is 17.3 Å². The Morgan fingerprint density at radius 1 is 1.13 bits per heavy atom. The van der Waals surface area contributed by atoms with Crippen molar-refractivity contribution < 1.29 is 24.1 Å². The van der Waals surface area contributed by atoms with Gasteiger partial charge in [-0.25, -0.2) is 4.79 Å². The average Bonchev–Trinajstić information content (AvgIpc) is 3.07. The number of pyridine rings is 2. The number of hydrogen-bond acceptors (Lipinski definition) is 9. The number of likely N-dealkylation sites (tertiary alicyclic amines) is 1. The molecule has 1 saturated heterocycles. The van der Waals surface area contributed by atoms with Crippen molar-refractivity contribution in [3.05, 3.63) is 76.7 Å². The van der Waals surface area contributed by atoms with Crippen LogP contribution in [0.1, 0.15) is 55.3 Å². The molecule has 1 aliphatic carbocycles. The second-order valence-corrected chi connectivity index (χ2v) is 12.5. The molecule has 1 spiro atoms. The first-order valence-electron chi connectivity index (χ1n) is 15.4. The number of piperidine rings is 1. The maximum atomic E-state index is 13.2. The van der Waals surface area contributed by atoms with Crippen molar-refractivity contribution >= 4 is 40.0 Å². The lowest BCUT2D eigenvalue weighted by Crippen LogP contribution is -2.45. The molecule has 0 radical (unpaired) electrons. The molecule has 1 amide bonds. The van der Waals surface area contributed by atoms with Gasteiger partial charge in [-0.3, -0.25) is 9.97 Å². The topological polar surface area (TPSA) is 130 Å². The summed E-state index contributed by atoms with van der Waals surface area (Å²) < 4.78 is 17.4. The normalized spacial score (nSPS) is 16.2. The number of aliphatic hydroxyl groups is 1. The number of nitriles is 1. The fourth-order valence-corrected chi connectivity index (χ4v) is 6.56. The van der Waals surface area contributed by atoms with Crippen LogP contribution in [0.25, 0.3) is 10.9 Å². The van der Waals surface area contributed by atoms with Crippen molar-refractivity contribution in [2.75, 3.05) is 25.5 Å². The second kappa shape index (κ2) is 13.4. The number of rotatable bonds is 7. The van der Waals surface area contributed by atoms with E-state index in [0.717, 1.165) is 49.8 Å². The quantitative estimate of drug-likeness (QED) is 0.213. The highest BCUT2D eigenvalue weighted by Crippen LogP contribution is 2.45. The minimum Gasteiger partial charge on any atom is -0.493 e. The second-order valence-electron chi connectivity index (χ2n) is 12.1. The van der Waals surface area contributed by atoms with Crippen LogP contribution in [0.2, 0.25) is 5.02 Å². The van der Waals surface area contributed by atoms with E-state index in [9.17, 15) is 15.2 Å². The first kappa shape index (κ1) is 31.4. The molecule has 3 heterocycles. The zero-order valence-electron chi connectivity index (χ0n) is 25.9. The van der Waals surface area contributed by atoms with E-state index in [1.807, 2.05) is 19.1 Å². The number of anilines is 2. The SMILES string of the molecule is COc1cc2c(Nc3ccc(OCc4ncccc4C)cc3Cl)c(C#N)cnc2cc1OC(=O)N1CCC2(CCC(O)CC2)CC1. The lowest BCUT2D eigenvalue weighted by molar-refractivity contribution is 0.0204. The van der Waals surface area contributed by atoms with Crippen molar-refractivity contribution in [2.45, 2.75) is 58.2 Å². The molecule has 46 heavy (non-hydrogen) atoms. The van der Waals surface area contributed by atoms with Crippen LogP contribution in [0, 0.1) is 23.7 Å². The smallest absolute Gasteiger partial charge is 0.415 e. The number of nitrogens with zero attached hydrogens (tertiary/aromatic N) is 4. The van der Waals surface area contributed by atoms with Crippen molar-refractivity contribution in [1.82, 2.24) is 14.9 Å². The molecule has 0 unspecified atom stereocenters. The number of halogens is 1. The first-order chi connectivity index (χ1) is 22.3. The lowest BCUT2D eigenvalue weighted by atomic mass is 9.67. The van der Waals surface area contributed by atoms with Crippen LogP contribution >= 0.6 is 11.6 Å². The molecule has 2 aliphatic rings. The average molecular weight is 642 g/mol. The summed E-state index contributed by atoms with van der Waals surface area (Å²) in [4.78, 5) is 23.8. The summed E-state index contributed by atoms with van der Waals surface area (Å²) in [5, 5.41) is 24.1. The third-order valence-corrected chi connectivity index (χ3v) is 9.58. The van der Waals surface area contributed by atoms with Crippen molar-refractivity contribution in [3.8, 4) is 23.3 Å². The van der Waals surface area contributed by atoms with Gasteiger partial charge in [-0.05, 0) is 80.7 Å². The Morgan fingerprint density at radius 3 is 2.61 bits per heavy atom. The number of methoxy groups -OCH3 is 1. The van der Waals surface area contributed by atoms with Crippen molar-refractivity contribution in [2.24, 2.45) is 5.41 Å². The third kappa shape index (κ3) is 6.66. The molecular weight excluding hydrogens is 606 g/mol. The predicted octanol–water partition coefficient (Wildman–Crippen LogP) is 7.31. The maximum absolute atomic E-state index is 13.2. The number of carbonyl (C=O) groups is 1. The molecule has 2 N–H and O–H groups in total. The van der Waals surface area contributed by atoms with Gasteiger partial charge in [-0.1, -0.05) is 17.7 Å². The van der Waals surface area contributed by atoms with Gasteiger partial charge in [0.2, 0.25) is 0 Å². The number of ether oxygens (including phenoxy) is 3. The molecule has 1 saturated carbocycles. The van der Waals surface area contributed by atoms with Gasteiger partial charge in [0.15, 0.2) is 11.5 Å². The summed E-state index contributed by atoms with van der Waals surface area (Å²) in [5.74, 6) is 1.15. The Balaban J connectivity index is 1.19. The van der Waals surface area contributed by atoms with Gasteiger partial charge in [0.05, 0.1) is 46.4 Å². The summed E-state index contributed by atoms with van der Waals surface area (Å²) in [6, 6.07) is 14.7. The number of aromatic nitrogens is 2. The Kier molecular flexibility index (Phi) is 9.15. The minimum absolute atomic E-state index is 0.202. The van der Waals surface area contributed by atoms with Gasteiger partial charge < -0.3 is 29.5 Å².